The Morgan fingerprint density at radius 1 is 1.11 bits per heavy atom. The first-order chi connectivity index (χ1) is 13.5. The van der Waals surface area contributed by atoms with E-state index in [0.717, 1.165) is 5.56 Å². The third kappa shape index (κ3) is 4.09. The molecule has 0 aliphatic carbocycles. The van der Waals surface area contributed by atoms with Crippen LogP contribution in [0, 0.1) is 5.92 Å². The van der Waals surface area contributed by atoms with Gasteiger partial charge in [-0.1, -0.05) is 36.9 Å². The van der Waals surface area contributed by atoms with Crippen molar-refractivity contribution in [1.82, 2.24) is 10.6 Å². The van der Waals surface area contributed by atoms with Gasteiger partial charge in [0.15, 0.2) is 0 Å². The van der Waals surface area contributed by atoms with Gasteiger partial charge in [0.05, 0.1) is 20.3 Å². The zero-order chi connectivity index (χ0) is 20.1. The number of hydrogen-bond donors (Lipinski definition) is 2. The Labute approximate surface area is 163 Å². The van der Waals surface area contributed by atoms with Gasteiger partial charge in [-0.2, -0.15) is 0 Å². The van der Waals surface area contributed by atoms with Crippen LogP contribution in [0.15, 0.2) is 60.8 Å². The highest BCUT2D eigenvalue weighted by molar-refractivity contribution is 5.85. The predicted octanol–water partition coefficient (Wildman–Crippen LogP) is 2.93. The number of carbonyl (C=O) groups excluding carboxylic acids is 2. The number of methoxy groups -OCH3 is 2. The lowest BCUT2D eigenvalue weighted by Crippen LogP contribution is -2.51. The fraction of sp³-hybridized carbons (Fsp3) is 0.238. The SMILES string of the molecule is C=C1NC(=O)NC(c2cc(OC)ccc2OC)C1C(=O)OCc1ccccc1. The molecule has 2 unspecified atom stereocenters. The summed E-state index contributed by atoms with van der Waals surface area (Å²) in [5.74, 6) is -0.245. The molecule has 7 heteroatoms. The molecule has 0 saturated carbocycles. The lowest BCUT2D eigenvalue weighted by molar-refractivity contribution is -0.149. The van der Waals surface area contributed by atoms with E-state index in [4.69, 9.17) is 14.2 Å². The average Bonchev–Trinajstić information content (AvgIpc) is 2.71. The van der Waals surface area contributed by atoms with Crippen molar-refractivity contribution in [2.45, 2.75) is 12.6 Å². The van der Waals surface area contributed by atoms with Gasteiger partial charge in [0, 0.05) is 11.3 Å². The molecule has 1 aliphatic rings. The second kappa shape index (κ2) is 8.47. The standard InChI is InChI=1S/C21H22N2O5/c1-13-18(20(24)28-12-14-7-5-4-6-8-14)19(23-21(25)22-13)16-11-15(26-2)9-10-17(16)27-3/h4-11,18-19H,1,12H2,2-3H3,(H2,22,23,25). The number of carbonyl (C=O) groups is 2. The van der Waals surface area contributed by atoms with Crippen molar-refractivity contribution in [3.63, 3.8) is 0 Å². The molecule has 0 bridgehead atoms. The number of nitrogens with one attached hydrogen (secondary N) is 2. The maximum absolute atomic E-state index is 12.9. The fourth-order valence-electron chi connectivity index (χ4n) is 3.12. The summed E-state index contributed by atoms with van der Waals surface area (Å²) in [4.78, 5) is 24.9. The quantitative estimate of drug-likeness (QED) is 0.751. The number of benzene rings is 2. The van der Waals surface area contributed by atoms with Crippen molar-refractivity contribution in [2.24, 2.45) is 5.92 Å². The highest BCUT2D eigenvalue weighted by Gasteiger charge is 2.40. The summed E-state index contributed by atoms with van der Waals surface area (Å²) in [6, 6.07) is 13.4. The highest BCUT2D eigenvalue weighted by atomic mass is 16.5. The Balaban J connectivity index is 1.89. The van der Waals surface area contributed by atoms with Crippen LogP contribution in [0.4, 0.5) is 4.79 Å². The summed E-state index contributed by atoms with van der Waals surface area (Å²) in [6.07, 6.45) is 0. The summed E-state index contributed by atoms with van der Waals surface area (Å²) in [6.45, 7) is 3.98. The molecule has 2 amide bonds. The van der Waals surface area contributed by atoms with Crippen molar-refractivity contribution in [2.75, 3.05) is 14.2 Å². The van der Waals surface area contributed by atoms with Gasteiger partial charge in [0.25, 0.3) is 0 Å². The van der Waals surface area contributed by atoms with E-state index < -0.39 is 24.0 Å². The lowest BCUT2D eigenvalue weighted by Gasteiger charge is -2.34. The molecule has 0 spiro atoms. The Morgan fingerprint density at radius 2 is 1.86 bits per heavy atom. The van der Waals surface area contributed by atoms with Crippen LogP contribution in [-0.4, -0.2) is 26.2 Å². The third-order valence-electron chi connectivity index (χ3n) is 4.52. The smallest absolute Gasteiger partial charge is 0.319 e. The molecule has 0 radical (unpaired) electrons. The maximum atomic E-state index is 12.9. The fourth-order valence-corrected chi connectivity index (χ4v) is 3.12. The largest absolute Gasteiger partial charge is 0.497 e. The molecule has 1 fully saturated rings. The van der Waals surface area contributed by atoms with E-state index >= 15 is 0 Å². The van der Waals surface area contributed by atoms with E-state index in [-0.39, 0.29) is 12.3 Å². The maximum Gasteiger partial charge on any atom is 0.319 e. The molecule has 1 aliphatic heterocycles. The van der Waals surface area contributed by atoms with Crippen LogP contribution < -0.4 is 20.1 Å². The number of esters is 1. The minimum atomic E-state index is -0.831. The van der Waals surface area contributed by atoms with E-state index in [0.29, 0.717) is 17.1 Å². The van der Waals surface area contributed by atoms with Gasteiger partial charge in [-0.15, -0.1) is 0 Å². The number of rotatable bonds is 6. The first-order valence-corrected chi connectivity index (χ1v) is 8.72. The Kier molecular flexibility index (Phi) is 5.84. The Hall–Kier alpha value is -3.48. The molecule has 0 aromatic heterocycles. The topological polar surface area (TPSA) is 85.9 Å². The molecule has 146 valence electrons. The number of amides is 2. The molecule has 3 rings (SSSR count). The van der Waals surface area contributed by atoms with Crippen LogP contribution in [0.25, 0.3) is 0 Å². The third-order valence-corrected chi connectivity index (χ3v) is 4.52. The molecule has 1 saturated heterocycles. The van der Waals surface area contributed by atoms with Crippen LogP contribution in [0.3, 0.4) is 0 Å². The van der Waals surface area contributed by atoms with Crippen LogP contribution in [0.2, 0.25) is 0 Å². The molecule has 2 atom stereocenters. The van der Waals surface area contributed by atoms with Crippen LogP contribution >= 0.6 is 0 Å². The average molecular weight is 382 g/mol. The molecular weight excluding hydrogens is 360 g/mol. The van der Waals surface area contributed by atoms with Crippen LogP contribution in [-0.2, 0) is 16.1 Å². The summed E-state index contributed by atoms with van der Waals surface area (Å²) in [7, 11) is 3.06. The monoisotopic (exact) mass is 382 g/mol. The Morgan fingerprint density at radius 3 is 2.54 bits per heavy atom. The zero-order valence-corrected chi connectivity index (χ0v) is 15.7. The van der Waals surface area contributed by atoms with Gasteiger partial charge < -0.3 is 24.8 Å². The van der Waals surface area contributed by atoms with Gasteiger partial charge >= 0.3 is 12.0 Å². The zero-order valence-electron chi connectivity index (χ0n) is 15.7. The number of ether oxygens (including phenoxy) is 3. The van der Waals surface area contributed by atoms with Gasteiger partial charge in [0.1, 0.15) is 24.0 Å². The van der Waals surface area contributed by atoms with Crippen LogP contribution in [0.5, 0.6) is 11.5 Å². The van der Waals surface area contributed by atoms with Gasteiger partial charge in [-0.25, -0.2) is 4.79 Å². The number of hydrogen-bond acceptors (Lipinski definition) is 5. The molecule has 2 aromatic carbocycles. The van der Waals surface area contributed by atoms with E-state index in [1.54, 1.807) is 18.2 Å². The van der Waals surface area contributed by atoms with E-state index in [2.05, 4.69) is 17.2 Å². The summed E-state index contributed by atoms with van der Waals surface area (Å²) < 4.78 is 16.2. The van der Waals surface area contributed by atoms with Gasteiger partial charge in [-0.3, -0.25) is 4.79 Å². The minimum Gasteiger partial charge on any atom is -0.497 e. The second-order valence-electron chi connectivity index (χ2n) is 6.28. The lowest BCUT2D eigenvalue weighted by atomic mass is 9.88. The van der Waals surface area contributed by atoms with Crippen molar-refractivity contribution in [3.05, 3.63) is 71.9 Å². The van der Waals surface area contributed by atoms with Crippen molar-refractivity contribution in [3.8, 4) is 11.5 Å². The predicted molar refractivity (Wildman–Crippen MR) is 103 cm³/mol. The first kappa shape index (κ1) is 19.3. The van der Waals surface area contributed by atoms with Crippen molar-refractivity contribution < 1.29 is 23.8 Å². The summed E-state index contributed by atoms with van der Waals surface area (Å²) in [5, 5.41) is 5.33. The normalized spacial score (nSPS) is 18.6. The molecular formula is C21H22N2O5. The molecule has 7 nitrogen and oxygen atoms in total. The highest BCUT2D eigenvalue weighted by Crippen LogP contribution is 2.37. The van der Waals surface area contributed by atoms with E-state index in [1.165, 1.54) is 14.2 Å². The molecule has 2 aromatic rings. The number of urea groups is 1. The van der Waals surface area contributed by atoms with Crippen LogP contribution in [0.1, 0.15) is 17.2 Å². The van der Waals surface area contributed by atoms with Gasteiger partial charge in [0.2, 0.25) is 0 Å². The molecule has 28 heavy (non-hydrogen) atoms. The van der Waals surface area contributed by atoms with Crippen molar-refractivity contribution in [1.29, 1.82) is 0 Å². The summed E-state index contributed by atoms with van der Waals surface area (Å²) in [5.41, 5.74) is 1.72. The second-order valence-corrected chi connectivity index (χ2v) is 6.28. The summed E-state index contributed by atoms with van der Waals surface area (Å²) >= 11 is 0. The van der Waals surface area contributed by atoms with Gasteiger partial charge in [-0.05, 0) is 23.8 Å². The molecule has 2 N–H and O–H groups in total. The van der Waals surface area contributed by atoms with E-state index in [9.17, 15) is 9.59 Å². The first-order valence-electron chi connectivity index (χ1n) is 8.72. The van der Waals surface area contributed by atoms with Crippen molar-refractivity contribution >= 4 is 12.0 Å². The Bertz CT molecular complexity index is 882. The minimum absolute atomic E-state index is 0.124. The molecule has 1 heterocycles. The van der Waals surface area contributed by atoms with E-state index in [1.807, 2.05) is 30.3 Å².